The maximum Gasteiger partial charge on any atom is 0.163 e. The molecule has 3 nitrogen and oxygen atoms in total. The number of rotatable bonds is 5. The largest absolute Gasteiger partial charge is 0.469 e. The maximum atomic E-state index is 13.6. The maximum absolute atomic E-state index is 13.6. The lowest BCUT2D eigenvalue weighted by molar-refractivity contribution is 0.432. The fraction of sp³-hybridized carbons (Fsp3) is 0.231. The average Bonchev–Trinajstić information content (AvgIpc) is 2.88. The highest BCUT2D eigenvalue weighted by molar-refractivity contribution is 5.22. The lowest BCUT2D eigenvalue weighted by Gasteiger charge is -2.16. The molecule has 0 aliphatic heterocycles. The van der Waals surface area contributed by atoms with Gasteiger partial charge >= 0.3 is 0 Å². The lowest BCUT2D eigenvalue weighted by atomic mass is 10.0. The third-order valence-electron chi connectivity index (χ3n) is 2.82. The number of nitrogens with one attached hydrogen (secondary N) is 1. The summed E-state index contributed by atoms with van der Waals surface area (Å²) in [5, 5.41) is 0. The van der Waals surface area contributed by atoms with Crippen LogP contribution in [0, 0.1) is 11.6 Å². The zero-order valence-electron chi connectivity index (χ0n) is 9.70. The molecule has 2 rings (SSSR count). The Hall–Kier alpha value is -1.72. The van der Waals surface area contributed by atoms with Crippen molar-refractivity contribution in [1.82, 2.24) is 5.43 Å². The zero-order chi connectivity index (χ0) is 13.0. The summed E-state index contributed by atoms with van der Waals surface area (Å²) >= 11 is 0. The third-order valence-corrected chi connectivity index (χ3v) is 2.82. The van der Waals surface area contributed by atoms with Gasteiger partial charge < -0.3 is 4.42 Å². The van der Waals surface area contributed by atoms with Crippen LogP contribution < -0.4 is 11.3 Å². The molecule has 0 spiro atoms. The van der Waals surface area contributed by atoms with E-state index in [1.165, 1.54) is 12.1 Å². The van der Waals surface area contributed by atoms with E-state index in [0.29, 0.717) is 12.8 Å². The van der Waals surface area contributed by atoms with Gasteiger partial charge in [-0.3, -0.25) is 11.3 Å². The monoisotopic (exact) mass is 252 g/mol. The minimum atomic E-state index is -0.870. The number of aryl methyl sites for hydroxylation is 1. The summed E-state index contributed by atoms with van der Waals surface area (Å²) < 4.78 is 31.9. The van der Waals surface area contributed by atoms with Gasteiger partial charge in [0.25, 0.3) is 0 Å². The van der Waals surface area contributed by atoms with Crippen molar-refractivity contribution in [3.8, 4) is 0 Å². The molecule has 1 unspecified atom stereocenters. The summed E-state index contributed by atoms with van der Waals surface area (Å²) in [5.41, 5.74) is 2.73. The fourth-order valence-corrected chi connectivity index (χ4v) is 1.86. The molecule has 18 heavy (non-hydrogen) atoms. The Bertz CT molecular complexity index is 500. The van der Waals surface area contributed by atoms with Crippen LogP contribution in [0.3, 0.4) is 0 Å². The van der Waals surface area contributed by atoms with E-state index < -0.39 is 17.7 Å². The molecular formula is C13H14F2N2O. The predicted molar refractivity (Wildman–Crippen MR) is 63.5 cm³/mol. The van der Waals surface area contributed by atoms with Gasteiger partial charge in [-0.15, -0.1) is 0 Å². The van der Waals surface area contributed by atoms with Crippen molar-refractivity contribution in [1.29, 1.82) is 0 Å². The number of benzene rings is 1. The van der Waals surface area contributed by atoms with Crippen molar-refractivity contribution in [3.63, 3.8) is 0 Å². The Kier molecular flexibility index (Phi) is 4.07. The van der Waals surface area contributed by atoms with Gasteiger partial charge in [-0.05, 0) is 24.6 Å². The number of furan rings is 1. The van der Waals surface area contributed by atoms with E-state index in [1.807, 2.05) is 6.07 Å². The number of hydrogen-bond acceptors (Lipinski definition) is 3. The van der Waals surface area contributed by atoms with Gasteiger partial charge in [0.15, 0.2) is 11.6 Å². The first-order chi connectivity index (χ1) is 8.72. The number of hydrogen-bond donors (Lipinski definition) is 2. The first-order valence-corrected chi connectivity index (χ1v) is 5.64. The highest BCUT2D eigenvalue weighted by atomic mass is 19.2. The van der Waals surface area contributed by atoms with Crippen LogP contribution >= 0.6 is 0 Å². The van der Waals surface area contributed by atoms with Crippen molar-refractivity contribution in [2.75, 3.05) is 0 Å². The normalized spacial score (nSPS) is 12.6. The van der Waals surface area contributed by atoms with Gasteiger partial charge in [-0.25, -0.2) is 8.78 Å². The third kappa shape index (κ3) is 2.75. The molecule has 0 amide bonds. The number of hydrazine groups is 1. The van der Waals surface area contributed by atoms with Crippen molar-refractivity contribution in [3.05, 3.63) is 59.6 Å². The molecule has 1 aromatic carbocycles. The molecule has 0 radical (unpaired) electrons. The summed E-state index contributed by atoms with van der Waals surface area (Å²) in [4.78, 5) is 0. The van der Waals surface area contributed by atoms with Crippen LogP contribution in [0.2, 0.25) is 0 Å². The Labute approximate surface area is 104 Å². The van der Waals surface area contributed by atoms with Crippen molar-refractivity contribution >= 4 is 0 Å². The minimum absolute atomic E-state index is 0.226. The molecule has 0 saturated heterocycles. The lowest BCUT2D eigenvalue weighted by Crippen LogP contribution is -2.29. The Morgan fingerprint density at radius 2 is 2.06 bits per heavy atom. The van der Waals surface area contributed by atoms with Gasteiger partial charge in [0.05, 0.1) is 6.26 Å². The fourth-order valence-electron chi connectivity index (χ4n) is 1.86. The highest BCUT2D eigenvalue weighted by Gasteiger charge is 2.17. The Balaban J connectivity index is 2.10. The van der Waals surface area contributed by atoms with Crippen LogP contribution in [0.1, 0.15) is 23.8 Å². The minimum Gasteiger partial charge on any atom is -0.469 e. The second-order valence-electron chi connectivity index (χ2n) is 3.98. The first-order valence-electron chi connectivity index (χ1n) is 5.64. The van der Waals surface area contributed by atoms with E-state index in [4.69, 9.17) is 10.3 Å². The Morgan fingerprint density at radius 1 is 1.22 bits per heavy atom. The molecule has 1 atom stereocenters. The van der Waals surface area contributed by atoms with Crippen molar-refractivity contribution < 1.29 is 13.2 Å². The summed E-state index contributed by atoms with van der Waals surface area (Å²) in [6, 6.07) is 7.22. The van der Waals surface area contributed by atoms with Crippen LogP contribution in [0.25, 0.3) is 0 Å². The standard InChI is InChI=1S/C13H14F2N2O/c14-11-5-1-4-10(13(11)15)12(17-16)7-6-9-3-2-8-18-9/h1-5,8,12,17H,6-7,16H2. The number of halogens is 2. The summed E-state index contributed by atoms with van der Waals surface area (Å²) in [5.74, 6) is 4.45. The number of nitrogens with two attached hydrogens (primary N) is 1. The van der Waals surface area contributed by atoms with Gasteiger partial charge in [-0.2, -0.15) is 0 Å². The van der Waals surface area contributed by atoms with Crippen LogP contribution in [-0.2, 0) is 6.42 Å². The van der Waals surface area contributed by atoms with E-state index >= 15 is 0 Å². The quantitative estimate of drug-likeness (QED) is 0.635. The van der Waals surface area contributed by atoms with Crippen LogP contribution in [0.5, 0.6) is 0 Å². The zero-order valence-corrected chi connectivity index (χ0v) is 9.70. The molecule has 96 valence electrons. The van der Waals surface area contributed by atoms with E-state index in [9.17, 15) is 8.78 Å². The predicted octanol–water partition coefficient (Wildman–Crippen LogP) is 2.70. The van der Waals surface area contributed by atoms with Crippen LogP contribution in [-0.4, -0.2) is 0 Å². The highest BCUT2D eigenvalue weighted by Crippen LogP contribution is 2.23. The molecule has 0 fully saturated rings. The summed E-state index contributed by atoms with van der Waals surface area (Å²) in [6.07, 6.45) is 2.69. The summed E-state index contributed by atoms with van der Waals surface area (Å²) in [6.45, 7) is 0. The molecule has 2 aromatic rings. The smallest absolute Gasteiger partial charge is 0.163 e. The van der Waals surface area contributed by atoms with E-state index in [0.717, 1.165) is 11.8 Å². The van der Waals surface area contributed by atoms with Crippen LogP contribution in [0.4, 0.5) is 8.78 Å². The molecular weight excluding hydrogens is 238 g/mol. The van der Waals surface area contributed by atoms with Crippen molar-refractivity contribution in [2.24, 2.45) is 5.84 Å². The molecule has 0 bridgehead atoms. The van der Waals surface area contributed by atoms with E-state index in [2.05, 4.69) is 5.43 Å². The van der Waals surface area contributed by atoms with Crippen LogP contribution in [0.15, 0.2) is 41.0 Å². The second kappa shape index (κ2) is 5.75. The molecule has 1 aromatic heterocycles. The molecule has 0 saturated carbocycles. The summed E-state index contributed by atoms with van der Waals surface area (Å²) in [7, 11) is 0. The van der Waals surface area contributed by atoms with E-state index in [-0.39, 0.29) is 5.56 Å². The van der Waals surface area contributed by atoms with E-state index in [1.54, 1.807) is 12.3 Å². The van der Waals surface area contributed by atoms with Gasteiger partial charge in [0, 0.05) is 18.0 Å². The molecule has 3 N–H and O–H groups in total. The average molecular weight is 252 g/mol. The molecule has 0 aliphatic rings. The van der Waals surface area contributed by atoms with Crippen molar-refractivity contribution in [2.45, 2.75) is 18.9 Å². The second-order valence-corrected chi connectivity index (χ2v) is 3.98. The van der Waals surface area contributed by atoms with Gasteiger partial charge in [0.1, 0.15) is 5.76 Å². The SMILES string of the molecule is NNC(CCc1ccco1)c1cccc(F)c1F. The Morgan fingerprint density at radius 3 is 2.72 bits per heavy atom. The molecule has 5 heteroatoms. The van der Waals surface area contributed by atoms with Gasteiger partial charge in [-0.1, -0.05) is 12.1 Å². The molecule has 0 aliphatic carbocycles. The topological polar surface area (TPSA) is 51.2 Å². The van der Waals surface area contributed by atoms with Gasteiger partial charge in [0.2, 0.25) is 0 Å². The first kappa shape index (κ1) is 12.7. The molecule has 1 heterocycles.